The Morgan fingerprint density at radius 1 is 1.19 bits per heavy atom. The Kier molecular flexibility index (Phi) is 9.97. The Hall–Kier alpha value is -0.930. The Morgan fingerprint density at radius 2 is 1.81 bits per heavy atom. The van der Waals surface area contributed by atoms with Gasteiger partial charge in [-0.2, -0.15) is 0 Å². The molecule has 16 heavy (non-hydrogen) atoms. The van der Waals surface area contributed by atoms with Crippen molar-refractivity contribution in [2.45, 2.75) is 19.8 Å². The van der Waals surface area contributed by atoms with Crippen LogP contribution in [0.15, 0.2) is 30.3 Å². The number of aliphatic hydroxyl groups is 1. The summed E-state index contributed by atoms with van der Waals surface area (Å²) in [6.07, 6.45) is 0. The van der Waals surface area contributed by atoms with Crippen molar-refractivity contribution in [1.29, 1.82) is 0 Å². The number of alkyl halides is 1. The molecule has 0 radical (unpaired) electrons. The van der Waals surface area contributed by atoms with Crippen LogP contribution >= 0.6 is 0 Å². The molecule has 0 spiro atoms. The first kappa shape index (κ1) is 15.1. The molecule has 0 saturated heterocycles. The van der Waals surface area contributed by atoms with E-state index in [1.807, 2.05) is 6.07 Å². The van der Waals surface area contributed by atoms with Gasteiger partial charge in [-0.15, -0.1) is 0 Å². The lowest BCUT2D eigenvalue weighted by Gasteiger charge is -2.01. The summed E-state index contributed by atoms with van der Waals surface area (Å²) in [5, 5.41) is 8.05. The van der Waals surface area contributed by atoms with Crippen molar-refractivity contribution >= 4 is 0 Å². The van der Waals surface area contributed by atoms with Crippen LogP contribution in [0.25, 0.3) is 0 Å². The number of rotatable bonds is 5. The van der Waals surface area contributed by atoms with Crippen LogP contribution in [0.4, 0.5) is 4.39 Å². The standard InChI is InChI=1S/C9H12.C4H9FO2/c1-8(2)9-6-4-3-5-7-9;5-1-3-7-4-2-6/h3-8H,1-2H3;6H,1-4H2. The first-order valence-corrected chi connectivity index (χ1v) is 5.51. The molecule has 1 N–H and O–H groups in total. The molecule has 0 aromatic heterocycles. The van der Waals surface area contributed by atoms with Crippen LogP contribution in [0.1, 0.15) is 25.3 Å². The van der Waals surface area contributed by atoms with Crippen molar-refractivity contribution < 1.29 is 14.2 Å². The SMILES string of the molecule is CC(C)c1ccccc1.OCCOCCF. The molecule has 0 saturated carbocycles. The molecule has 0 fully saturated rings. The maximum absolute atomic E-state index is 11.1. The first-order chi connectivity index (χ1) is 7.72. The van der Waals surface area contributed by atoms with Crippen molar-refractivity contribution in [3.8, 4) is 0 Å². The summed E-state index contributed by atoms with van der Waals surface area (Å²) in [4.78, 5) is 0. The van der Waals surface area contributed by atoms with Crippen molar-refractivity contribution in [3.63, 3.8) is 0 Å². The third kappa shape index (κ3) is 8.38. The Morgan fingerprint density at radius 3 is 2.19 bits per heavy atom. The monoisotopic (exact) mass is 228 g/mol. The average Bonchev–Trinajstić information content (AvgIpc) is 2.32. The minimum absolute atomic E-state index is 0.0278. The second-order valence-corrected chi connectivity index (χ2v) is 3.59. The molecule has 0 amide bonds. The van der Waals surface area contributed by atoms with Crippen LogP contribution in [0.3, 0.4) is 0 Å². The zero-order valence-corrected chi connectivity index (χ0v) is 10.0. The van der Waals surface area contributed by atoms with Gasteiger partial charge in [-0.25, -0.2) is 4.39 Å². The Balaban J connectivity index is 0.000000293. The predicted molar refractivity (Wildman–Crippen MR) is 64.4 cm³/mol. The lowest BCUT2D eigenvalue weighted by atomic mass is 10.0. The zero-order valence-electron chi connectivity index (χ0n) is 10.0. The van der Waals surface area contributed by atoms with Crippen molar-refractivity contribution in [2.75, 3.05) is 26.5 Å². The van der Waals surface area contributed by atoms with E-state index in [1.54, 1.807) is 0 Å². The van der Waals surface area contributed by atoms with Crippen LogP contribution in [0.2, 0.25) is 0 Å². The number of halogens is 1. The molecule has 1 aromatic carbocycles. The minimum Gasteiger partial charge on any atom is -0.394 e. The highest BCUT2D eigenvalue weighted by Gasteiger charge is 1.93. The summed E-state index contributed by atoms with van der Waals surface area (Å²) in [6.45, 7) is 4.25. The molecular weight excluding hydrogens is 207 g/mol. The number of aliphatic hydroxyl groups excluding tert-OH is 1. The summed E-state index contributed by atoms with van der Waals surface area (Å²) >= 11 is 0. The fourth-order valence-corrected chi connectivity index (χ4v) is 1.06. The van der Waals surface area contributed by atoms with Crippen LogP contribution in [0.5, 0.6) is 0 Å². The maximum Gasteiger partial charge on any atom is 0.113 e. The topological polar surface area (TPSA) is 29.5 Å². The molecule has 0 unspecified atom stereocenters. The van der Waals surface area contributed by atoms with Gasteiger partial charge in [0.1, 0.15) is 6.67 Å². The highest BCUT2D eigenvalue weighted by atomic mass is 19.1. The number of ether oxygens (including phenoxy) is 1. The van der Waals surface area contributed by atoms with Gasteiger partial charge in [0.2, 0.25) is 0 Å². The van der Waals surface area contributed by atoms with Gasteiger partial charge in [-0.05, 0) is 11.5 Å². The third-order valence-electron chi connectivity index (χ3n) is 1.92. The lowest BCUT2D eigenvalue weighted by molar-refractivity contribution is 0.0828. The third-order valence-corrected chi connectivity index (χ3v) is 1.92. The molecule has 0 aliphatic heterocycles. The highest BCUT2D eigenvalue weighted by Crippen LogP contribution is 2.11. The van der Waals surface area contributed by atoms with Gasteiger partial charge >= 0.3 is 0 Å². The van der Waals surface area contributed by atoms with E-state index in [-0.39, 0.29) is 19.8 Å². The largest absolute Gasteiger partial charge is 0.394 e. The van der Waals surface area contributed by atoms with Gasteiger partial charge in [0, 0.05) is 0 Å². The summed E-state index contributed by atoms with van der Waals surface area (Å²) in [7, 11) is 0. The van der Waals surface area contributed by atoms with Gasteiger partial charge in [-0.3, -0.25) is 0 Å². The van der Waals surface area contributed by atoms with Crippen molar-refractivity contribution in [3.05, 3.63) is 35.9 Å². The van der Waals surface area contributed by atoms with E-state index in [9.17, 15) is 4.39 Å². The molecular formula is C13H21FO2. The molecule has 0 heterocycles. The average molecular weight is 228 g/mol. The molecule has 0 bridgehead atoms. The molecule has 1 aromatic rings. The molecule has 1 rings (SSSR count). The van der Waals surface area contributed by atoms with E-state index in [4.69, 9.17) is 5.11 Å². The molecule has 0 aliphatic carbocycles. The zero-order chi connectivity index (χ0) is 12.2. The first-order valence-electron chi connectivity index (χ1n) is 5.51. The number of benzene rings is 1. The van der Waals surface area contributed by atoms with Crippen LogP contribution < -0.4 is 0 Å². The van der Waals surface area contributed by atoms with Gasteiger partial charge in [0.05, 0.1) is 19.8 Å². The lowest BCUT2D eigenvalue weighted by Crippen LogP contribution is -2.01. The number of hydrogen-bond donors (Lipinski definition) is 1. The Bertz CT molecular complexity index is 233. The highest BCUT2D eigenvalue weighted by molar-refractivity contribution is 5.17. The molecule has 0 atom stereocenters. The van der Waals surface area contributed by atoms with E-state index < -0.39 is 6.67 Å². The fraction of sp³-hybridized carbons (Fsp3) is 0.538. The molecule has 92 valence electrons. The fourth-order valence-electron chi connectivity index (χ4n) is 1.06. The van der Waals surface area contributed by atoms with Gasteiger partial charge in [-0.1, -0.05) is 44.2 Å². The summed E-state index contributed by atoms with van der Waals surface area (Å²) < 4.78 is 15.6. The predicted octanol–water partition coefficient (Wildman–Crippen LogP) is 2.77. The number of hydrogen-bond acceptors (Lipinski definition) is 2. The smallest absolute Gasteiger partial charge is 0.113 e. The van der Waals surface area contributed by atoms with Crippen LogP contribution in [-0.2, 0) is 4.74 Å². The van der Waals surface area contributed by atoms with E-state index in [0.717, 1.165) is 0 Å². The van der Waals surface area contributed by atoms with Gasteiger partial charge < -0.3 is 9.84 Å². The van der Waals surface area contributed by atoms with E-state index >= 15 is 0 Å². The van der Waals surface area contributed by atoms with E-state index in [0.29, 0.717) is 5.92 Å². The quantitative estimate of drug-likeness (QED) is 0.785. The second kappa shape index (κ2) is 10.6. The van der Waals surface area contributed by atoms with Crippen molar-refractivity contribution in [2.24, 2.45) is 0 Å². The van der Waals surface area contributed by atoms with Gasteiger partial charge in [0.25, 0.3) is 0 Å². The van der Waals surface area contributed by atoms with Crippen molar-refractivity contribution in [1.82, 2.24) is 0 Å². The molecule has 0 aliphatic rings. The molecule has 3 heteroatoms. The summed E-state index contributed by atoms with van der Waals surface area (Å²) in [5.41, 5.74) is 1.41. The minimum atomic E-state index is -0.472. The molecule has 2 nitrogen and oxygen atoms in total. The Labute approximate surface area is 97.1 Å². The van der Waals surface area contributed by atoms with Crippen LogP contribution in [-0.4, -0.2) is 31.6 Å². The van der Waals surface area contributed by atoms with E-state index in [1.165, 1.54) is 5.56 Å². The summed E-state index contributed by atoms with van der Waals surface area (Å²) in [6, 6.07) is 10.5. The van der Waals surface area contributed by atoms with Gasteiger partial charge in [0.15, 0.2) is 0 Å². The second-order valence-electron chi connectivity index (χ2n) is 3.59. The summed E-state index contributed by atoms with van der Waals surface area (Å²) in [5.74, 6) is 0.659. The van der Waals surface area contributed by atoms with E-state index in [2.05, 4.69) is 42.8 Å². The maximum atomic E-state index is 11.1. The normalized spacial score (nSPS) is 9.81. The van der Waals surface area contributed by atoms with Crippen LogP contribution in [0, 0.1) is 0 Å².